The van der Waals surface area contributed by atoms with Gasteiger partial charge in [-0.2, -0.15) is 0 Å². The molecule has 0 saturated heterocycles. The second kappa shape index (κ2) is 10.1. The van der Waals surface area contributed by atoms with E-state index in [1.165, 1.54) is 11.3 Å². The van der Waals surface area contributed by atoms with Crippen LogP contribution in [0.5, 0.6) is 11.5 Å². The van der Waals surface area contributed by atoms with Crippen LogP contribution in [0.2, 0.25) is 0 Å². The van der Waals surface area contributed by atoms with Crippen molar-refractivity contribution in [1.29, 1.82) is 0 Å². The second-order valence-electron chi connectivity index (χ2n) is 9.11. The molecule has 0 unspecified atom stereocenters. The molecule has 4 nitrogen and oxygen atoms in total. The lowest BCUT2D eigenvalue weighted by molar-refractivity contribution is -0.138. The van der Waals surface area contributed by atoms with E-state index in [0.29, 0.717) is 27.3 Å². The minimum Gasteiger partial charge on any atom is -0.507 e. The maximum atomic E-state index is 13.9. The van der Waals surface area contributed by atoms with E-state index in [2.05, 4.69) is 0 Å². The topological polar surface area (TPSA) is 66.8 Å². The zero-order chi connectivity index (χ0) is 26.1. The van der Waals surface area contributed by atoms with Crippen LogP contribution in [0.1, 0.15) is 22.5 Å². The molecule has 0 amide bonds. The summed E-state index contributed by atoms with van der Waals surface area (Å²) in [5, 5.41) is 27.9. The first-order valence-corrected chi connectivity index (χ1v) is 13.2. The molecule has 0 spiro atoms. The van der Waals surface area contributed by atoms with Crippen LogP contribution in [0, 0.1) is 0 Å². The monoisotopic (exact) mass is 516 g/mol. The minimum absolute atomic E-state index is 0.0931. The zero-order valence-electron chi connectivity index (χ0n) is 20.3. The molecule has 6 rings (SSSR count). The van der Waals surface area contributed by atoms with Gasteiger partial charge in [-0.3, -0.25) is 4.79 Å². The smallest absolute Gasteiger partial charge is 0.321 e. The van der Waals surface area contributed by atoms with Gasteiger partial charge in [-0.15, -0.1) is 11.3 Å². The Bertz CT molecular complexity index is 1740. The Hall–Kier alpha value is -4.45. The summed E-state index contributed by atoms with van der Waals surface area (Å²) in [6.45, 7) is 0. The number of carbonyl (C=O) groups excluding carboxylic acids is 1. The SMILES string of the molecule is O=C(Oc1ccc2ccccc2c1-c1c(O)ccc2ccccc12)[C@H](c1ccccc1)[C@H](O)c1cccs1. The predicted molar refractivity (Wildman–Crippen MR) is 153 cm³/mol. The van der Waals surface area contributed by atoms with E-state index in [9.17, 15) is 15.0 Å². The first kappa shape index (κ1) is 23.9. The van der Waals surface area contributed by atoms with Crippen LogP contribution in [0.25, 0.3) is 32.7 Å². The van der Waals surface area contributed by atoms with E-state index >= 15 is 0 Å². The molecule has 186 valence electrons. The largest absolute Gasteiger partial charge is 0.507 e. The fraction of sp³-hybridized carbons (Fsp3) is 0.0606. The predicted octanol–water partition coefficient (Wildman–Crippen LogP) is 7.85. The Labute approximate surface area is 224 Å². The highest BCUT2D eigenvalue weighted by atomic mass is 32.1. The molecule has 2 N–H and O–H groups in total. The lowest BCUT2D eigenvalue weighted by atomic mass is 9.91. The molecule has 0 radical (unpaired) electrons. The highest BCUT2D eigenvalue weighted by Crippen LogP contribution is 2.46. The number of aliphatic hydroxyl groups excluding tert-OH is 1. The first-order valence-electron chi connectivity index (χ1n) is 12.3. The number of aromatic hydroxyl groups is 1. The molecule has 1 aromatic heterocycles. The number of carbonyl (C=O) groups is 1. The number of hydrogen-bond acceptors (Lipinski definition) is 5. The molecule has 1 heterocycles. The normalized spacial score (nSPS) is 12.9. The molecular formula is C33H24O4S. The molecule has 0 aliphatic carbocycles. The lowest BCUT2D eigenvalue weighted by Crippen LogP contribution is -2.24. The summed E-state index contributed by atoms with van der Waals surface area (Å²) in [6.07, 6.45) is -1.07. The van der Waals surface area contributed by atoms with Crippen molar-refractivity contribution in [2.45, 2.75) is 12.0 Å². The number of phenolic OH excluding ortho intramolecular Hbond substituents is 1. The van der Waals surface area contributed by atoms with Crippen molar-refractivity contribution in [2.75, 3.05) is 0 Å². The Kier molecular flexibility index (Phi) is 6.38. The standard InChI is InChI=1S/C33H24O4S/c34-26-18-16-21-9-4-6-13-24(21)30(26)31-25-14-7-5-10-22(25)17-19-27(31)37-33(36)29(23-11-2-1-3-12-23)32(35)28-15-8-20-38-28/h1-20,29,32,34-35H/t29-,32-/m1/s1. The fourth-order valence-corrected chi connectivity index (χ4v) is 5.77. The van der Waals surface area contributed by atoms with E-state index in [4.69, 9.17) is 4.74 Å². The summed E-state index contributed by atoms with van der Waals surface area (Å²) in [4.78, 5) is 14.6. The van der Waals surface area contributed by atoms with Gasteiger partial charge in [-0.25, -0.2) is 0 Å². The molecule has 2 atom stereocenters. The number of esters is 1. The van der Waals surface area contributed by atoms with E-state index in [0.717, 1.165) is 21.5 Å². The molecule has 0 fully saturated rings. The third-order valence-corrected chi connectivity index (χ3v) is 7.76. The van der Waals surface area contributed by atoms with Crippen LogP contribution in [0.3, 0.4) is 0 Å². The van der Waals surface area contributed by atoms with Crippen LogP contribution in [0.4, 0.5) is 0 Å². The van der Waals surface area contributed by atoms with Gasteiger partial charge >= 0.3 is 5.97 Å². The van der Waals surface area contributed by atoms with Crippen molar-refractivity contribution in [3.05, 3.63) is 131 Å². The van der Waals surface area contributed by atoms with Crippen molar-refractivity contribution in [3.63, 3.8) is 0 Å². The maximum Gasteiger partial charge on any atom is 0.321 e. The number of hydrogen-bond donors (Lipinski definition) is 2. The van der Waals surface area contributed by atoms with Gasteiger partial charge in [0.2, 0.25) is 0 Å². The van der Waals surface area contributed by atoms with Crippen molar-refractivity contribution < 1.29 is 19.7 Å². The van der Waals surface area contributed by atoms with Gasteiger partial charge in [0.15, 0.2) is 0 Å². The zero-order valence-corrected chi connectivity index (χ0v) is 21.1. The fourth-order valence-electron chi connectivity index (χ4n) is 5.02. The summed E-state index contributed by atoms with van der Waals surface area (Å²) in [6, 6.07) is 35.7. The van der Waals surface area contributed by atoms with Crippen LogP contribution in [-0.4, -0.2) is 16.2 Å². The quantitative estimate of drug-likeness (QED) is 0.175. The molecule has 5 aromatic carbocycles. The molecule has 5 heteroatoms. The van der Waals surface area contributed by atoms with Crippen LogP contribution in [-0.2, 0) is 4.79 Å². The highest BCUT2D eigenvalue weighted by Gasteiger charge is 2.33. The van der Waals surface area contributed by atoms with Crippen molar-refractivity contribution in [1.82, 2.24) is 0 Å². The number of fused-ring (bicyclic) bond motifs is 2. The van der Waals surface area contributed by atoms with Gasteiger partial charge in [0.25, 0.3) is 0 Å². The third-order valence-electron chi connectivity index (χ3n) is 6.82. The molecular weight excluding hydrogens is 492 g/mol. The average molecular weight is 517 g/mol. The number of ether oxygens (including phenoxy) is 1. The molecule has 0 aliphatic heterocycles. The molecule has 6 aromatic rings. The van der Waals surface area contributed by atoms with Crippen LogP contribution in [0.15, 0.2) is 121 Å². The molecule has 0 saturated carbocycles. The van der Waals surface area contributed by atoms with Gasteiger partial charge in [-0.05, 0) is 50.7 Å². The summed E-state index contributed by atoms with van der Waals surface area (Å²) in [5.74, 6) is -1.10. The van der Waals surface area contributed by atoms with Gasteiger partial charge in [-0.1, -0.05) is 97.1 Å². The highest BCUT2D eigenvalue weighted by molar-refractivity contribution is 7.10. The van der Waals surface area contributed by atoms with Crippen molar-refractivity contribution >= 4 is 38.9 Å². The Morgan fingerprint density at radius 2 is 1.32 bits per heavy atom. The summed E-state index contributed by atoms with van der Waals surface area (Å²) in [7, 11) is 0. The second-order valence-corrected chi connectivity index (χ2v) is 10.1. The van der Waals surface area contributed by atoms with E-state index in [1.54, 1.807) is 12.1 Å². The van der Waals surface area contributed by atoms with E-state index in [-0.39, 0.29) is 5.75 Å². The lowest BCUT2D eigenvalue weighted by Gasteiger charge is -2.23. The summed E-state index contributed by atoms with van der Waals surface area (Å²) < 4.78 is 6.14. The minimum atomic E-state index is -1.07. The maximum absolute atomic E-state index is 13.9. The van der Waals surface area contributed by atoms with Crippen LogP contribution >= 0.6 is 11.3 Å². The number of phenols is 1. The number of thiophene rings is 1. The van der Waals surface area contributed by atoms with Gasteiger partial charge in [0.1, 0.15) is 23.5 Å². The number of benzene rings is 5. The van der Waals surface area contributed by atoms with Crippen LogP contribution < -0.4 is 4.74 Å². The first-order chi connectivity index (χ1) is 18.6. The Balaban J connectivity index is 1.52. The molecule has 38 heavy (non-hydrogen) atoms. The van der Waals surface area contributed by atoms with Crippen molar-refractivity contribution in [2.24, 2.45) is 0 Å². The third kappa shape index (κ3) is 4.32. The molecule has 0 bridgehead atoms. The average Bonchev–Trinajstić information content (AvgIpc) is 3.49. The molecule has 0 aliphatic rings. The van der Waals surface area contributed by atoms with Gasteiger partial charge < -0.3 is 14.9 Å². The Morgan fingerprint density at radius 1 is 0.684 bits per heavy atom. The number of rotatable bonds is 6. The number of aliphatic hydroxyl groups is 1. The van der Waals surface area contributed by atoms with E-state index < -0.39 is 18.0 Å². The van der Waals surface area contributed by atoms with Crippen molar-refractivity contribution in [3.8, 4) is 22.6 Å². The summed E-state index contributed by atoms with van der Waals surface area (Å²) in [5.41, 5.74) is 1.88. The summed E-state index contributed by atoms with van der Waals surface area (Å²) >= 11 is 1.39. The van der Waals surface area contributed by atoms with Gasteiger partial charge in [0, 0.05) is 16.0 Å². The van der Waals surface area contributed by atoms with Gasteiger partial charge in [0.05, 0.1) is 0 Å². The van der Waals surface area contributed by atoms with E-state index in [1.807, 2.05) is 109 Å². The Morgan fingerprint density at radius 3 is 2.00 bits per heavy atom.